The van der Waals surface area contributed by atoms with Gasteiger partial charge in [0, 0.05) is 37.9 Å². The molecule has 4 rings (SSSR count). The maximum atomic E-state index is 13.8. The summed E-state index contributed by atoms with van der Waals surface area (Å²) in [7, 11) is 1.68. The van der Waals surface area contributed by atoms with Gasteiger partial charge < -0.3 is 19.1 Å². The first-order chi connectivity index (χ1) is 19.1. The van der Waals surface area contributed by atoms with Crippen molar-refractivity contribution in [2.24, 2.45) is 5.92 Å². The molecule has 2 aromatic carbocycles. The zero-order valence-corrected chi connectivity index (χ0v) is 23.6. The lowest BCUT2D eigenvalue weighted by atomic mass is 10.0. The Hall–Kier alpha value is -3.54. The lowest BCUT2D eigenvalue weighted by Crippen LogP contribution is -2.43. The molecule has 0 radical (unpaired) electrons. The van der Waals surface area contributed by atoms with E-state index < -0.39 is 0 Å². The van der Waals surface area contributed by atoms with Crippen LogP contribution in [-0.2, 0) is 29.2 Å². The Morgan fingerprint density at radius 3 is 2.41 bits per heavy atom. The number of rotatable bonds is 14. The standard InChI is InChI=1S/C33H43N3O3/c1-3-20-35(32(37)19-18-27-11-7-8-12-27)26-33(38)36(23-28-13-5-4-6-14-28)25-30-16-10-21-34(30)24-29-15-9-17-31(22-29)39-2/h4-6,9-10,13-17,21-22,27H,3,7-8,11-12,18-20,23-26H2,1-2H3. The first-order valence-corrected chi connectivity index (χ1v) is 14.4. The number of carbonyl (C=O) groups is 2. The predicted octanol–water partition coefficient (Wildman–Crippen LogP) is 6.28. The summed E-state index contributed by atoms with van der Waals surface area (Å²) in [4.78, 5) is 30.6. The highest BCUT2D eigenvalue weighted by atomic mass is 16.5. The van der Waals surface area contributed by atoms with Gasteiger partial charge in [0.05, 0.1) is 20.2 Å². The second-order valence-corrected chi connectivity index (χ2v) is 10.7. The van der Waals surface area contributed by atoms with E-state index in [0.717, 1.165) is 35.4 Å². The molecule has 0 saturated heterocycles. The number of nitrogens with zero attached hydrogens (tertiary/aromatic N) is 3. The molecule has 1 aliphatic carbocycles. The largest absolute Gasteiger partial charge is 0.497 e. The van der Waals surface area contributed by atoms with Crippen molar-refractivity contribution in [2.45, 2.75) is 71.5 Å². The number of methoxy groups -OCH3 is 1. The van der Waals surface area contributed by atoms with Crippen molar-refractivity contribution >= 4 is 11.8 Å². The molecule has 1 fully saturated rings. The van der Waals surface area contributed by atoms with Crippen LogP contribution < -0.4 is 4.74 Å². The summed E-state index contributed by atoms with van der Waals surface area (Å²) in [5.41, 5.74) is 3.26. The van der Waals surface area contributed by atoms with Crippen molar-refractivity contribution in [1.82, 2.24) is 14.4 Å². The molecular weight excluding hydrogens is 486 g/mol. The van der Waals surface area contributed by atoms with Gasteiger partial charge in [-0.2, -0.15) is 0 Å². The number of amides is 2. The van der Waals surface area contributed by atoms with E-state index >= 15 is 0 Å². The molecule has 1 aromatic heterocycles. The van der Waals surface area contributed by atoms with Crippen LogP contribution in [0.2, 0.25) is 0 Å². The summed E-state index contributed by atoms with van der Waals surface area (Å²) in [6, 6.07) is 22.2. The predicted molar refractivity (Wildman–Crippen MR) is 155 cm³/mol. The molecule has 3 aromatic rings. The fraction of sp³-hybridized carbons (Fsp3) is 0.455. The molecule has 6 heteroatoms. The van der Waals surface area contributed by atoms with Crippen LogP contribution in [0.4, 0.5) is 0 Å². The van der Waals surface area contributed by atoms with Crippen molar-refractivity contribution in [2.75, 3.05) is 20.2 Å². The molecule has 1 aliphatic rings. The topological polar surface area (TPSA) is 54.8 Å². The van der Waals surface area contributed by atoms with E-state index in [-0.39, 0.29) is 18.4 Å². The van der Waals surface area contributed by atoms with Crippen molar-refractivity contribution in [3.8, 4) is 5.75 Å². The number of carbonyl (C=O) groups excluding carboxylic acids is 2. The number of benzene rings is 2. The van der Waals surface area contributed by atoms with E-state index in [1.165, 1.54) is 25.7 Å². The summed E-state index contributed by atoms with van der Waals surface area (Å²) < 4.78 is 7.57. The Labute approximate surface area is 233 Å². The van der Waals surface area contributed by atoms with E-state index in [1.54, 1.807) is 12.0 Å². The third-order valence-corrected chi connectivity index (χ3v) is 7.75. The van der Waals surface area contributed by atoms with Gasteiger partial charge in [-0.1, -0.05) is 75.1 Å². The third-order valence-electron chi connectivity index (χ3n) is 7.75. The molecule has 0 aliphatic heterocycles. The molecule has 0 atom stereocenters. The highest BCUT2D eigenvalue weighted by Gasteiger charge is 2.24. The van der Waals surface area contributed by atoms with Crippen LogP contribution in [0.1, 0.15) is 68.7 Å². The van der Waals surface area contributed by atoms with Crippen molar-refractivity contribution in [3.63, 3.8) is 0 Å². The van der Waals surface area contributed by atoms with Crippen LogP contribution in [0.5, 0.6) is 5.75 Å². The maximum Gasteiger partial charge on any atom is 0.242 e. The second-order valence-electron chi connectivity index (χ2n) is 10.7. The Balaban J connectivity index is 1.47. The van der Waals surface area contributed by atoms with Gasteiger partial charge in [-0.3, -0.25) is 9.59 Å². The molecule has 0 spiro atoms. The molecule has 39 heavy (non-hydrogen) atoms. The van der Waals surface area contributed by atoms with Gasteiger partial charge in [-0.15, -0.1) is 0 Å². The fourth-order valence-corrected chi connectivity index (χ4v) is 5.56. The molecule has 6 nitrogen and oxygen atoms in total. The molecule has 0 unspecified atom stereocenters. The fourth-order valence-electron chi connectivity index (χ4n) is 5.56. The Bertz CT molecular complexity index is 1180. The smallest absolute Gasteiger partial charge is 0.242 e. The van der Waals surface area contributed by atoms with Crippen LogP contribution in [0.3, 0.4) is 0 Å². The normalized spacial score (nSPS) is 13.4. The molecular formula is C33H43N3O3. The minimum absolute atomic E-state index is 0.0179. The summed E-state index contributed by atoms with van der Waals surface area (Å²) in [5.74, 6) is 1.59. The first-order valence-electron chi connectivity index (χ1n) is 14.4. The number of ether oxygens (including phenoxy) is 1. The Morgan fingerprint density at radius 2 is 1.67 bits per heavy atom. The zero-order valence-electron chi connectivity index (χ0n) is 23.6. The van der Waals surface area contributed by atoms with Crippen molar-refractivity contribution in [1.29, 1.82) is 0 Å². The lowest BCUT2D eigenvalue weighted by molar-refractivity contribution is -0.141. The summed E-state index contributed by atoms with van der Waals surface area (Å²) >= 11 is 0. The van der Waals surface area contributed by atoms with Gasteiger partial charge in [0.25, 0.3) is 0 Å². The maximum absolute atomic E-state index is 13.8. The van der Waals surface area contributed by atoms with Gasteiger partial charge in [0.2, 0.25) is 11.8 Å². The van der Waals surface area contributed by atoms with Crippen LogP contribution in [0.15, 0.2) is 72.9 Å². The van der Waals surface area contributed by atoms with Crippen molar-refractivity contribution < 1.29 is 14.3 Å². The lowest BCUT2D eigenvalue weighted by Gasteiger charge is -2.28. The summed E-state index contributed by atoms with van der Waals surface area (Å²) in [5, 5.41) is 0. The Morgan fingerprint density at radius 1 is 0.897 bits per heavy atom. The van der Waals surface area contributed by atoms with E-state index in [2.05, 4.69) is 29.8 Å². The highest BCUT2D eigenvalue weighted by Crippen LogP contribution is 2.28. The molecule has 0 bridgehead atoms. The minimum Gasteiger partial charge on any atom is -0.497 e. The minimum atomic E-state index is -0.0179. The first kappa shape index (κ1) is 28.5. The van der Waals surface area contributed by atoms with Gasteiger partial charge in [-0.25, -0.2) is 0 Å². The van der Waals surface area contributed by atoms with Gasteiger partial charge >= 0.3 is 0 Å². The summed E-state index contributed by atoms with van der Waals surface area (Å²) in [6.45, 7) is 4.46. The van der Waals surface area contributed by atoms with Crippen molar-refractivity contribution in [3.05, 3.63) is 89.7 Å². The van der Waals surface area contributed by atoms with E-state index in [4.69, 9.17) is 4.74 Å². The SMILES string of the molecule is CCCN(CC(=O)N(Cc1ccccc1)Cc1cccn1Cc1cccc(OC)c1)C(=O)CCC1CCCC1. The number of hydrogen-bond acceptors (Lipinski definition) is 3. The van der Waals surface area contributed by atoms with Gasteiger partial charge in [-0.05, 0) is 54.2 Å². The van der Waals surface area contributed by atoms with E-state index in [9.17, 15) is 9.59 Å². The second kappa shape index (κ2) is 14.6. The number of aromatic nitrogens is 1. The van der Waals surface area contributed by atoms with Crippen LogP contribution in [-0.4, -0.2) is 46.4 Å². The average Bonchev–Trinajstić information content (AvgIpc) is 3.64. The number of hydrogen-bond donors (Lipinski definition) is 0. The molecule has 1 saturated carbocycles. The van der Waals surface area contributed by atoms with Crippen LogP contribution >= 0.6 is 0 Å². The van der Waals surface area contributed by atoms with E-state index in [0.29, 0.717) is 38.5 Å². The highest BCUT2D eigenvalue weighted by molar-refractivity contribution is 5.84. The quantitative estimate of drug-likeness (QED) is 0.247. The molecule has 208 valence electrons. The van der Waals surface area contributed by atoms with Crippen LogP contribution in [0.25, 0.3) is 0 Å². The molecule has 1 heterocycles. The molecule has 2 amide bonds. The monoisotopic (exact) mass is 529 g/mol. The van der Waals surface area contributed by atoms with E-state index in [1.807, 2.05) is 59.5 Å². The average molecular weight is 530 g/mol. The zero-order chi connectivity index (χ0) is 27.5. The Kier molecular flexibility index (Phi) is 10.6. The van der Waals surface area contributed by atoms with Gasteiger partial charge in [0.15, 0.2) is 0 Å². The summed E-state index contributed by atoms with van der Waals surface area (Å²) in [6.07, 6.45) is 9.41. The third kappa shape index (κ3) is 8.47. The molecule has 0 N–H and O–H groups in total. The van der Waals surface area contributed by atoms with Crippen LogP contribution in [0, 0.1) is 5.92 Å². The van der Waals surface area contributed by atoms with Gasteiger partial charge in [0.1, 0.15) is 5.75 Å².